The molecule has 9 nitrogen and oxygen atoms in total. The number of aromatic nitrogens is 4. The normalized spacial score (nSPS) is 18.0. The Labute approximate surface area is 227 Å². The second-order valence-electron chi connectivity index (χ2n) is 10.6. The van der Waals surface area contributed by atoms with Crippen molar-refractivity contribution >= 4 is 29.1 Å². The van der Waals surface area contributed by atoms with Crippen molar-refractivity contribution in [1.82, 2.24) is 24.5 Å². The molecule has 4 heterocycles. The van der Waals surface area contributed by atoms with Crippen molar-refractivity contribution < 1.29 is 22.8 Å². The van der Waals surface area contributed by atoms with Crippen molar-refractivity contribution in [3.63, 3.8) is 0 Å². The number of halogens is 3. The molecule has 0 atom stereocenters. The number of nitrogens with one attached hydrogen (secondary N) is 1. The number of nitrogens with zero attached hydrogens (tertiary/aromatic N) is 6. The van der Waals surface area contributed by atoms with Crippen molar-refractivity contribution in [2.75, 3.05) is 10.2 Å². The lowest BCUT2D eigenvalue weighted by Crippen LogP contribution is -2.43. The van der Waals surface area contributed by atoms with Gasteiger partial charge in [-0.1, -0.05) is 18.2 Å². The molecule has 1 aromatic carbocycles. The number of hydrogen-bond acceptors (Lipinski definition) is 6. The summed E-state index contributed by atoms with van der Waals surface area (Å²) < 4.78 is 42.3. The van der Waals surface area contributed by atoms with Crippen LogP contribution in [0.25, 0.3) is 5.65 Å². The van der Waals surface area contributed by atoms with Crippen LogP contribution in [-0.2, 0) is 23.3 Å². The van der Waals surface area contributed by atoms with Crippen molar-refractivity contribution in [2.24, 2.45) is 0 Å². The average Bonchev–Trinajstić information content (AvgIpc) is 3.62. The molecule has 1 saturated carbocycles. The summed E-state index contributed by atoms with van der Waals surface area (Å²) in [7, 11) is 0. The first-order valence-electron chi connectivity index (χ1n) is 12.8. The average molecular weight is 550 g/mol. The zero-order valence-electron chi connectivity index (χ0n) is 21.8. The zero-order chi connectivity index (χ0) is 28.3. The van der Waals surface area contributed by atoms with Crippen LogP contribution in [0.1, 0.15) is 43.6 Å². The van der Waals surface area contributed by atoms with Gasteiger partial charge in [0.05, 0.1) is 17.6 Å². The lowest BCUT2D eigenvalue weighted by Gasteiger charge is -2.27. The number of pyridine rings is 2. The maximum atomic E-state index is 13.5. The number of rotatable bonds is 7. The van der Waals surface area contributed by atoms with Gasteiger partial charge >= 0.3 is 12.2 Å². The van der Waals surface area contributed by atoms with E-state index in [4.69, 9.17) is 0 Å². The first-order valence-corrected chi connectivity index (χ1v) is 12.8. The fourth-order valence-electron chi connectivity index (χ4n) is 5.09. The van der Waals surface area contributed by atoms with Crippen molar-refractivity contribution in [3.8, 4) is 0 Å². The van der Waals surface area contributed by atoms with E-state index in [2.05, 4.69) is 20.4 Å². The predicted octanol–water partition coefficient (Wildman–Crippen LogP) is 5.08. The Balaban J connectivity index is 1.17. The van der Waals surface area contributed by atoms with Gasteiger partial charge in [-0.3, -0.25) is 4.79 Å². The molecule has 1 saturated heterocycles. The van der Waals surface area contributed by atoms with E-state index in [1.54, 1.807) is 36.7 Å². The monoisotopic (exact) mass is 549 g/mol. The van der Waals surface area contributed by atoms with Crippen LogP contribution >= 0.6 is 0 Å². The first-order chi connectivity index (χ1) is 19.0. The number of imide groups is 1. The lowest BCUT2D eigenvalue weighted by molar-refractivity contribution is -0.160. The molecule has 6 rings (SSSR count). The summed E-state index contributed by atoms with van der Waals surface area (Å²) in [6.45, 7) is 3.77. The molecule has 4 aromatic rings. The fourth-order valence-corrected chi connectivity index (χ4v) is 5.09. The van der Waals surface area contributed by atoms with Crippen LogP contribution in [0.15, 0.2) is 67.0 Å². The minimum Gasteiger partial charge on any atom is -0.363 e. The van der Waals surface area contributed by atoms with Gasteiger partial charge in [-0.2, -0.15) is 13.2 Å². The molecule has 3 amide bonds. The highest BCUT2D eigenvalue weighted by atomic mass is 19.4. The highest BCUT2D eigenvalue weighted by Crippen LogP contribution is 2.59. The number of benzene rings is 1. The summed E-state index contributed by atoms with van der Waals surface area (Å²) in [6, 6.07) is 14.2. The Kier molecular flexibility index (Phi) is 5.82. The molecule has 0 unspecified atom stereocenters. The highest BCUT2D eigenvalue weighted by molar-refractivity contribution is 6.22. The minimum absolute atomic E-state index is 0.0382. The molecule has 0 radical (unpaired) electrons. The van der Waals surface area contributed by atoms with Crippen LogP contribution < -0.4 is 10.2 Å². The van der Waals surface area contributed by atoms with Crippen molar-refractivity contribution in [3.05, 3.63) is 83.9 Å². The van der Waals surface area contributed by atoms with E-state index < -0.39 is 29.1 Å². The van der Waals surface area contributed by atoms with Gasteiger partial charge in [0.15, 0.2) is 11.5 Å². The molecule has 0 spiro atoms. The van der Waals surface area contributed by atoms with E-state index in [0.29, 0.717) is 18.2 Å². The number of alkyl halides is 3. The number of carbonyl (C=O) groups excluding carboxylic acids is 2. The molecule has 206 valence electrons. The zero-order valence-corrected chi connectivity index (χ0v) is 21.8. The molecule has 1 aliphatic heterocycles. The number of urea groups is 1. The number of hydrogen-bond donors (Lipinski definition) is 1. The largest absolute Gasteiger partial charge is 0.398 e. The standard InChI is InChI=1S/C28H26F3N7O2/c1-26(2)24(39)38(20-8-6-19(7-9-20)27(11-12-27)28(29,30)31)25(40)36(26)17-18-10-13-32-21(15-18)33-16-22-34-23-5-3-4-14-37(23)35-22/h3-10,13-15H,11-12,16-17H2,1-2H3,(H,32,33). The Morgan fingerprint density at radius 2 is 1.77 bits per heavy atom. The third-order valence-corrected chi connectivity index (χ3v) is 7.67. The predicted molar refractivity (Wildman–Crippen MR) is 140 cm³/mol. The van der Waals surface area contributed by atoms with Gasteiger partial charge in [-0.25, -0.2) is 24.2 Å². The summed E-state index contributed by atoms with van der Waals surface area (Å²) in [6.07, 6.45) is -0.847. The summed E-state index contributed by atoms with van der Waals surface area (Å²) in [5, 5.41) is 7.59. The van der Waals surface area contributed by atoms with Gasteiger partial charge in [-0.05, 0) is 74.2 Å². The summed E-state index contributed by atoms with van der Waals surface area (Å²) in [4.78, 5) is 38.1. The number of anilines is 2. The summed E-state index contributed by atoms with van der Waals surface area (Å²) in [5.74, 6) is 0.690. The topological polar surface area (TPSA) is 95.7 Å². The molecular formula is C28H26F3N7O2. The molecule has 12 heteroatoms. The van der Waals surface area contributed by atoms with E-state index in [0.717, 1.165) is 16.1 Å². The third-order valence-electron chi connectivity index (χ3n) is 7.67. The number of amides is 3. The smallest absolute Gasteiger partial charge is 0.363 e. The molecular weight excluding hydrogens is 523 g/mol. The maximum absolute atomic E-state index is 13.5. The highest BCUT2D eigenvalue weighted by Gasteiger charge is 2.64. The van der Waals surface area contributed by atoms with Gasteiger partial charge in [0.1, 0.15) is 11.4 Å². The van der Waals surface area contributed by atoms with Crippen LogP contribution in [-0.4, -0.2) is 48.1 Å². The van der Waals surface area contributed by atoms with Gasteiger partial charge in [-0.15, -0.1) is 5.10 Å². The molecule has 2 aliphatic rings. The van der Waals surface area contributed by atoms with Gasteiger partial charge < -0.3 is 10.2 Å². The van der Waals surface area contributed by atoms with Crippen LogP contribution in [0.5, 0.6) is 0 Å². The summed E-state index contributed by atoms with van der Waals surface area (Å²) in [5.41, 5.74) is -1.14. The summed E-state index contributed by atoms with van der Waals surface area (Å²) >= 11 is 0. The van der Waals surface area contributed by atoms with Gasteiger partial charge in [0, 0.05) is 18.9 Å². The Hall–Kier alpha value is -4.48. The van der Waals surface area contributed by atoms with E-state index in [1.165, 1.54) is 29.2 Å². The second-order valence-corrected chi connectivity index (χ2v) is 10.6. The molecule has 2 fully saturated rings. The maximum Gasteiger partial charge on any atom is 0.398 e. The van der Waals surface area contributed by atoms with E-state index in [9.17, 15) is 22.8 Å². The van der Waals surface area contributed by atoms with Crippen LogP contribution in [0.3, 0.4) is 0 Å². The Morgan fingerprint density at radius 3 is 2.45 bits per heavy atom. The molecule has 40 heavy (non-hydrogen) atoms. The SMILES string of the molecule is CC1(C)C(=O)N(c2ccc(C3(C(F)(F)F)CC3)cc2)C(=O)N1Cc1ccnc(NCc2nc3ccccn3n2)c1. The van der Waals surface area contributed by atoms with Crippen LogP contribution in [0, 0.1) is 0 Å². The van der Waals surface area contributed by atoms with E-state index >= 15 is 0 Å². The van der Waals surface area contributed by atoms with E-state index in [-0.39, 0.29) is 30.6 Å². The Bertz CT molecular complexity index is 1580. The second kappa shape index (κ2) is 9.04. The molecule has 3 aromatic heterocycles. The third kappa shape index (κ3) is 4.23. The lowest BCUT2D eigenvalue weighted by atomic mass is 9.95. The fraction of sp³-hybridized carbons (Fsp3) is 0.321. The molecule has 0 bridgehead atoms. The molecule has 1 aliphatic carbocycles. The quantitative estimate of drug-likeness (QED) is 0.323. The van der Waals surface area contributed by atoms with Crippen LogP contribution in [0.4, 0.5) is 29.5 Å². The first kappa shape index (κ1) is 25.8. The minimum atomic E-state index is -4.34. The van der Waals surface area contributed by atoms with Crippen molar-refractivity contribution in [1.29, 1.82) is 0 Å². The number of carbonyl (C=O) groups is 2. The van der Waals surface area contributed by atoms with Gasteiger partial charge in [0.25, 0.3) is 5.91 Å². The van der Waals surface area contributed by atoms with Crippen molar-refractivity contribution in [2.45, 2.75) is 56.9 Å². The van der Waals surface area contributed by atoms with Gasteiger partial charge in [0.2, 0.25) is 0 Å². The Morgan fingerprint density at radius 1 is 1.02 bits per heavy atom. The van der Waals surface area contributed by atoms with Crippen LogP contribution in [0.2, 0.25) is 0 Å². The number of fused-ring (bicyclic) bond motifs is 1. The molecule has 1 N–H and O–H groups in total. The van der Waals surface area contributed by atoms with E-state index in [1.807, 2.05) is 24.4 Å².